The topological polar surface area (TPSA) is 53.4 Å². The lowest BCUT2D eigenvalue weighted by molar-refractivity contribution is 0.475. The van der Waals surface area contributed by atoms with Crippen molar-refractivity contribution in [2.75, 3.05) is 0 Å². The maximum atomic E-state index is 9.47. The molecule has 0 amide bonds. The average molecular weight is 237 g/mol. The van der Waals surface area contributed by atoms with Crippen LogP contribution in [0, 0.1) is 0 Å². The Balaban J connectivity index is 2.15. The molecule has 0 atom stereocenters. The molecular weight excluding hydrogens is 226 g/mol. The van der Waals surface area contributed by atoms with Gasteiger partial charge in [-0.1, -0.05) is 12.1 Å². The monoisotopic (exact) mass is 237 g/mol. The molecule has 0 aliphatic heterocycles. The maximum absolute atomic E-state index is 9.47. The highest BCUT2D eigenvalue weighted by atomic mass is 16.3. The van der Waals surface area contributed by atoms with E-state index in [1.807, 2.05) is 18.2 Å². The number of hydrogen-bond acceptors (Lipinski definition) is 3. The highest BCUT2D eigenvalue weighted by Crippen LogP contribution is 2.26. The minimum Gasteiger partial charge on any atom is -0.508 e. The zero-order valence-electron chi connectivity index (χ0n) is 9.54. The Hall–Kier alpha value is -2.55. The smallest absolute Gasteiger partial charge is 0.116 e. The van der Waals surface area contributed by atoms with E-state index in [4.69, 9.17) is 0 Å². The fraction of sp³-hybridized carbons (Fsp3) is 0. The summed E-state index contributed by atoms with van der Waals surface area (Å²) in [7, 11) is 0. The minimum absolute atomic E-state index is 0.229. The molecule has 0 bridgehead atoms. The van der Waals surface area contributed by atoms with Gasteiger partial charge < -0.3 is 10.2 Å². The third kappa shape index (κ3) is 1.86. The van der Waals surface area contributed by atoms with Gasteiger partial charge in [0.25, 0.3) is 0 Å². The van der Waals surface area contributed by atoms with Crippen LogP contribution in [0.15, 0.2) is 54.7 Å². The van der Waals surface area contributed by atoms with Crippen LogP contribution in [0.2, 0.25) is 0 Å². The van der Waals surface area contributed by atoms with Crippen LogP contribution < -0.4 is 0 Å². The van der Waals surface area contributed by atoms with Crippen molar-refractivity contribution in [1.29, 1.82) is 0 Å². The van der Waals surface area contributed by atoms with Crippen LogP contribution in [0.5, 0.6) is 11.5 Å². The number of phenols is 2. The largest absolute Gasteiger partial charge is 0.508 e. The van der Waals surface area contributed by atoms with E-state index in [1.165, 1.54) is 0 Å². The molecule has 0 fully saturated rings. The molecule has 3 heteroatoms. The van der Waals surface area contributed by atoms with Gasteiger partial charge in [0.1, 0.15) is 11.5 Å². The highest BCUT2D eigenvalue weighted by molar-refractivity contribution is 5.84. The molecule has 3 nitrogen and oxygen atoms in total. The second-order valence-corrected chi connectivity index (χ2v) is 4.15. The summed E-state index contributed by atoms with van der Waals surface area (Å²) in [6.07, 6.45) is 1.78. The molecule has 0 aliphatic carbocycles. The fourth-order valence-electron chi connectivity index (χ4n) is 1.93. The van der Waals surface area contributed by atoms with Crippen LogP contribution in [0.1, 0.15) is 0 Å². The number of hydrogen-bond donors (Lipinski definition) is 2. The van der Waals surface area contributed by atoms with Crippen LogP contribution in [-0.4, -0.2) is 15.2 Å². The third-order valence-corrected chi connectivity index (χ3v) is 2.87. The molecule has 0 unspecified atom stereocenters. The molecular formula is C15H11NO2. The first-order valence-electron chi connectivity index (χ1n) is 5.60. The number of rotatable bonds is 1. The Kier molecular flexibility index (Phi) is 2.38. The normalized spacial score (nSPS) is 10.7. The van der Waals surface area contributed by atoms with E-state index in [9.17, 15) is 10.2 Å². The first-order valence-corrected chi connectivity index (χ1v) is 5.60. The Labute approximate surface area is 104 Å². The Morgan fingerprint density at radius 3 is 2.22 bits per heavy atom. The summed E-state index contributed by atoms with van der Waals surface area (Å²) in [5, 5.41) is 19.6. The Morgan fingerprint density at radius 1 is 0.722 bits per heavy atom. The van der Waals surface area contributed by atoms with Crippen LogP contribution in [0.3, 0.4) is 0 Å². The lowest BCUT2D eigenvalue weighted by atomic mass is 10.1. The quantitative estimate of drug-likeness (QED) is 0.682. The average Bonchev–Trinajstić information content (AvgIpc) is 2.38. The minimum atomic E-state index is 0.229. The number of pyridine rings is 1. The van der Waals surface area contributed by atoms with Crippen molar-refractivity contribution < 1.29 is 10.2 Å². The van der Waals surface area contributed by atoms with Crippen molar-refractivity contribution in [2.45, 2.75) is 0 Å². The van der Waals surface area contributed by atoms with Crippen molar-refractivity contribution in [3.63, 3.8) is 0 Å². The van der Waals surface area contributed by atoms with Gasteiger partial charge >= 0.3 is 0 Å². The van der Waals surface area contributed by atoms with Crippen LogP contribution in [-0.2, 0) is 0 Å². The van der Waals surface area contributed by atoms with Gasteiger partial charge in [0.15, 0.2) is 0 Å². The zero-order chi connectivity index (χ0) is 12.5. The fourth-order valence-corrected chi connectivity index (χ4v) is 1.93. The lowest BCUT2D eigenvalue weighted by Gasteiger charge is -2.04. The van der Waals surface area contributed by atoms with E-state index in [2.05, 4.69) is 4.98 Å². The molecule has 2 aromatic carbocycles. The first-order chi connectivity index (χ1) is 8.72. The number of phenolic OH excluding ortho intramolecular Hbond substituents is 2. The van der Waals surface area contributed by atoms with Gasteiger partial charge in [-0.25, -0.2) is 0 Å². The summed E-state index contributed by atoms with van der Waals surface area (Å²) in [6.45, 7) is 0. The van der Waals surface area contributed by atoms with Crippen molar-refractivity contribution in [1.82, 2.24) is 4.98 Å². The molecule has 2 N–H and O–H groups in total. The zero-order valence-corrected chi connectivity index (χ0v) is 9.54. The number of benzene rings is 2. The van der Waals surface area contributed by atoms with Gasteiger partial charge in [0, 0.05) is 17.1 Å². The summed E-state index contributed by atoms with van der Waals surface area (Å²) >= 11 is 0. The van der Waals surface area contributed by atoms with E-state index in [-0.39, 0.29) is 11.5 Å². The van der Waals surface area contributed by atoms with Crippen LogP contribution in [0.25, 0.3) is 22.0 Å². The van der Waals surface area contributed by atoms with Gasteiger partial charge in [-0.05, 0) is 42.0 Å². The molecule has 0 spiro atoms. The second-order valence-electron chi connectivity index (χ2n) is 4.15. The van der Waals surface area contributed by atoms with Gasteiger partial charge in [-0.2, -0.15) is 0 Å². The molecule has 0 radical (unpaired) electrons. The van der Waals surface area contributed by atoms with Gasteiger partial charge in [0.2, 0.25) is 0 Å². The first kappa shape index (κ1) is 10.6. The summed E-state index contributed by atoms with van der Waals surface area (Å²) in [6, 6.07) is 14.0. The summed E-state index contributed by atoms with van der Waals surface area (Å²) < 4.78 is 0. The summed E-state index contributed by atoms with van der Waals surface area (Å²) in [4.78, 5) is 4.35. The molecule has 1 heterocycles. The number of nitrogens with zero attached hydrogens (tertiary/aromatic N) is 1. The molecule has 0 saturated heterocycles. The van der Waals surface area contributed by atoms with Crippen molar-refractivity contribution in [2.24, 2.45) is 0 Å². The molecule has 0 aliphatic rings. The van der Waals surface area contributed by atoms with Crippen LogP contribution >= 0.6 is 0 Å². The Bertz CT molecular complexity index is 705. The molecule has 0 saturated carbocycles. The molecule has 18 heavy (non-hydrogen) atoms. The standard InChI is InChI=1S/C15H11NO2/c17-13-3-1-10(2-4-13)12-7-11-8-14(18)5-6-15(11)16-9-12/h1-9,17-18H. The molecule has 88 valence electrons. The van der Waals surface area contributed by atoms with Gasteiger partial charge in [-0.3, -0.25) is 4.98 Å². The SMILES string of the molecule is Oc1ccc(-c2cnc3ccc(O)cc3c2)cc1. The number of fused-ring (bicyclic) bond motifs is 1. The predicted molar refractivity (Wildman–Crippen MR) is 70.5 cm³/mol. The summed E-state index contributed by atoms with van der Waals surface area (Å²) in [5.41, 5.74) is 2.77. The van der Waals surface area contributed by atoms with E-state index >= 15 is 0 Å². The van der Waals surface area contributed by atoms with Gasteiger partial charge in [-0.15, -0.1) is 0 Å². The predicted octanol–water partition coefficient (Wildman–Crippen LogP) is 3.31. The highest BCUT2D eigenvalue weighted by Gasteiger charge is 2.02. The second kappa shape index (κ2) is 4.04. The van der Waals surface area contributed by atoms with E-state index in [0.717, 1.165) is 22.0 Å². The van der Waals surface area contributed by atoms with E-state index in [0.29, 0.717) is 0 Å². The molecule has 3 aromatic rings. The third-order valence-electron chi connectivity index (χ3n) is 2.87. The number of aromatic hydroxyl groups is 2. The van der Waals surface area contributed by atoms with E-state index in [1.54, 1.807) is 36.5 Å². The molecule has 1 aromatic heterocycles. The molecule has 3 rings (SSSR count). The summed E-state index contributed by atoms with van der Waals surface area (Å²) in [5.74, 6) is 0.470. The van der Waals surface area contributed by atoms with Crippen molar-refractivity contribution in [3.8, 4) is 22.6 Å². The van der Waals surface area contributed by atoms with Crippen molar-refractivity contribution >= 4 is 10.9 Å². The lowest BCUT2D eigenvalue weighted by Crippen LogP contribution is -1.82. The Morgan fingerprint density at radius 2 is 1.44 bits per heavy atom. The van der Waals surface area contributed by atoms with Gasteiger partial charge in [0.05, 0.1) is 5.52 Å². The van der Waals surface area contributed by atoms with Crippen molar-refractivity contribution in [3.05, 3.63) is 54.7 Å². The van der Waals surface area contributed by atoms with Crippen LogP contribution in [0.4, 0.5) is 0 Å². The number of aromatic nitrogens is 1. The van der Waals surface area contributed by atoms with E-state index < -0.39 is 0 Å². The maximum Gasteiger partial charge on any atom is 0.116 e.